The zero-order valence-electron chi connectivity index (χ0n) is 14.5. The Bertz CT molecular complexity index is 900. The number of halogens is 1. The molecule has 3 aromatic rings. The number of aryl methyl sites for hydroxylation is 2. The summed E-state index contributed by atoms with van der Waals surface area (Å²) in [6.45, 7) is 9.32. The highest BCUT2D eigenvalue weighted by atomic mass is 35.5. The van der Waals surface area contributed by atoms with Crippen molar-refractivity contribution >= 4 is 39.0 Å². The molecule has 1 aliphatic rings. The molecule has 6 heteroatoms. The highest BCUT2D eigenvalue weighted by Gasteiger charge is 2.22. The maximum atomic E-state index is 6.10. The number of thiophene rings is 1. The predicted molar refractivity (Wildman–Crippen MR) is 106 cm³/mol. The van der Waals surface area contributed by atoms with E-state index in [1.807, 2.05) is 12.1 Å². The maximum absolute atomic E-state index is 6.10. The van der Waals surface area contributed by atoms with E-state index in [0.717, 1.165) is 48.4 Å². The molecular formula is C19H21ClN4S. The van der Waals surface area contributed by atoms with Gasteiger partial charge in [-0.15, -0.1) is 11.3 Å². The van der Waals surface area contributed by atoms with E-state index in [2.05, 4.69) is 45.7 Å². The summed E-state index contributed by atoms with van der Waals surface area (Å²) >= 11 is 7.86. The lowest BCUT2D eigenvalue weighted by Gasteiger charge is -2.35. The number of hydrogen-bond acceptors (Lipinski definition) is 5. The number of benzene rings is 1. The van der Waals surface area contributed by atoms with Crippen LogP contribution < -0.4 is 4.90 Å². The highest BCUT2D eigenvalue weighted by Crippen LogP contribution is 2.34. The second-order valence-corrected chi connectivity index (χ2v) is 8.19. The average Bonchev–Trinajstić information content (AvgIpc) is 2.90. The van der Waals surface area contributed by atoms with Crippen LogP contribution in [0.4, 0.5) is 5.82 Å². The van der Waals surface area contributed by atoms with Gasteiger partial charge in [0.25, 0.3) is 0 Å². The predicted octanol–water partition coefficient (Wildman–Crippen LogP) is 4.28. The van der Waals surface area contributed by atoms with Gasteiger partial charge in [0.05, 0.1) is 5.39 Å². The van der Waals surface area contributed by atoms with E-state index in [1.165, 1.54) is 21.4 Å². The van der Waals surface area contributed by atoms with Crippen molar-refractivity contribution in [2.45, 2.75) is 20.4 Å². The fraction of sp³-hybridized carbons (Fsp3) is 0.368. The molecule has 1 aromatic carbocycles. The van der Waals surface area contributed by atoms with Crippen LogP contribution in [0, 0.1) is 13.8 Å². The molecule has 0 aliphatic carbocycles. The second kappa shape index (κ2) is 6.90. The molecule has 1 saturated heterocycles. The Morgan fingerprint density at radius 3 is 2.68 bits per heavy atom. The van der Waals surface area contributed by atoms with Gasteiger partial charge in [0.15, 0.2) is 0 Å². The molecule has 0 radical (unpaired) electrons. The third kappa shape index (κ3) is 3.36. The van der Waals surface area contributed by atoms with E-state index in [0.29, 0.717) is 0 Å². The summed E-state index contributed by atoms with van der Waals surface area (Å²) in [5.74, 6) is 1.09. The fourth-order valence-electron chi connectivity index (χ4n) is 3.41. The molecule has 4 nitrogen and oxygen atoms in total. The van der Waals surface area contributed by atoms with E-state index in [-0.39, 0.29) is 0 Å². The minimum atomic E-state index is 0.808. The average molecular weight is 373 g/mol. The van der Waals surface area contributed by atoms with Crippen molar-refractivity contribution < 1.29 is 0 Å². The summed E-state index contributed by atoms with van der Waals surface area (Å²) in [6.07, 6.45) is 1.70. The number of hydrogen-bond donors (Lipinski definition) is 0. The number of anilines is 1. The molecule has 1 aliphatic heterocycles. The van der Waals surface area contributed by atoms with Gasteiger partial charge in [-0.1, -0.05) is 23.7 Å². The van der Waals surface area contributed by atoms with E-state index in [4.69, 9.17) is 11.6 Å². The van der Waals surface area contributed by atoms with Gasteiger partial charge in [-0.2, -0.15) is 0 Å². The van der Waals surface area contributed by atoms with Gasteiger partial charge in [0, 0.05) is 42.6 Å². The molecule has 3 heterocycles. The lowest BCUT2D eigenvalue weighted by atomic mass is 10.1. The lowest BCUT2D eigenvalue weighted by Crippen LogP contribution is -2.46. The molecule has 0 N–H and O–H groups in total. The Hall–Kier alpha value is -1.69. The molecule has 0 atom stereocenters. The Morgan fingerprint density at radius 2 is 1.92 bits per heavy atom. The maximum Gasteiger partial charge on any atom is 0.141 e. The van der Waals surface area contributed by atoms with Crippen LogP contribution >= 0.6 is 22.9 Å². The van der Waals surface area contributed by atoms with Gasteiger partial charge in [0.2, 0.25) is 0 Å². The van der Waals surface area contributed by atoms with E-state index in [1.54, 1.807) is 17.7 Å². The first kappa shape index (κ1) is 16.8. The van der Waals surface area contributed by atoms with Crippen LogP contribution in [0.5, 0.6) is 0 Å². The van der Waals surface area contributed by atoms with Crippen LogP contribution in [0.25, 0.3) is 10.2 Å². The standard InChI is InChI=1S/C19H21ClN4S/c1-13-14(2)25-19-17(13)18(21-12-22-19)24-8-6-23(7-9-24)11-15-4-3-5-16(20)10-15/h3-5,10,12H,6-9,11H2,1-2H3. The van der Waals surface area contributed by atoms with Crippen LogP contribution in [0.3, 0.4) is 0 Å². The quantitative estimate of drug-likeness (QED) is 0.686. The number of rotatable bonds is 3. The Labute approximate surface area is 157 Å². The van der Waals surface area contributed by atoms with Gasteiger partial charge in [-0.25, -0.2) is 9.97 Å². The molecule has 0 saturated carbocycles. The Kier molecular flexibility index (Phi) is 4.63. The van der Waals surface area contributed by atoms with Gasteiger partial charge in [-0.3, -0.25) is 4.90 Å². The monoisotopic (exact) mass is 372 g/mol. The molecular weight excluding hydrogens is 352 g/mol. The van der Waals surface area contributed by atoms with Gasteiger partial charge in [-0.05, 0) is 37.1 Å². The number of fused-ring (bicyclic) bond motifs is 1. The Balaban J connectivity index is 1.49. The molecule has 130 valence electrons. The first-order valence-corrected chi connectivity index (χ1v) is 9.73. The molecule has 0 spiro atoms. The first-order chi connectivity index (χ1) is 12.1. The van der Waals surface area contributed by atoms with E-state index in [9.17, 15) is 0 Å². The van der Waals surface area contributed by atoms with Gasteiger partial charge >= 0.3 is 0 Å². The summed E-state index contributed by atoms with van der Waals surface area (Å²) < 4.78 is 0. The van der Waals surface area contributed by atoms with Crippen molar-refractivity contribution in [2.24, 2.45) is 0 Å². The first-order valence-electron chi connectivity index (χ1n) is 8.54. The summed E-state index contributed by atoms with van der Waals surface area (Å²) in [4.78, 5) is 16.4. The fourth-order valence-corrected chi connectivity index (χ4v) is 4.62. The van der Waals surface area contributed by atoms with Crippen molar-refractivity contribution in [1.82, 2.24) is 14.9 Å². The number of nitrogens with zero attached hydrogens (tertiary/aromatic N) is 4. The third-order valence-corrected chi connectivity index (χ3v) is 6.26. The van der Waals surface area contributed by atoms with Crippen LogP contribution in [0.2, 0.25) is 5.02 Å². The third-order valence-electron chi connectivity index (χ3n) is 4.91. The van der Waals surface area contributed by atoms with Crippen molar-refractivity contribution in [3.63, 3.8) is 0 Å². The van der Waals surface area contributed by atoms with Crippen molar-refractivity contribution in [1.29, 1.82) is 0 Å². The molecule has 1 fully saturated rings. The molecule has 25 heavy (non-hydrogen) atoms. The van der Waals surface area contributed by atoms with Crippen molar-refractivity contribution in [3.05, 3.63) is 51.6 Å². The SMILES string of the molecule is Cc1sc2ncnc(N3CCN(Cc4cccc(Cl)c4)CC3)c2c1C. The largest absolute Gasteiger partial charge is 0.353 e. The van der Waals surface area contributed by atoms with Crippen LogP contribution in [0.15, 0.2) is 30.6 Å². The van der Waals surface area contributed by atoms with Crippen molar-refractivity contribution in [2.75, 3.05) is 31.1 Å². The topological polar surface area (TPSA) is 32.3 Å². The van der Waals surface area contributed by atoms with Crippen LogP contribution in [0.1, 0.15) is 16.0 Å². The zero-order chi connectivity index (χ0) is 17.4. The summed E-state index contributed by atoms with van der Waals surface area (Å²) in [5, 5.41) is 2.04. The smallest absolute Gasteiger partial charge is 0.141 e. The summed E-state index contributed by atoms with van der Waals surface area (Å²) in [6, 6.07) is 8.14. The molecule has 0 bridgehead atoms. The normalized spacial score (nSPS) is 15.9. The molecule has 2 aromatic heterocycles. The number of piperazine rings is 1. The van der Waals surface area contributed by atoms with Crippen LogP contribution in [-0.4, -0.2) is 41.0 Å². The van der Waals surface area contributed by atoms with Crippen LogP contribution in [-0.2, 0) is 6.54 Å². The van der Waals surface area contributed by atoms with E-state index >= 15 is 0 Å². The molecule has 0 amide bonds. The van der Waals surface area contributed by atoms with Gasteiger partial charge < -0.3 is 4.90 Å². The Morgan fingerprint density at radius 1 is 1.12 bits per heavy atom. The van der Waals surface area contributed by atoms with Crippen molar-refractivity contribution in [3.8, 4) is 0 Å². The second-order valence-electron chi connectivity index (χ2n) is 6.55. The van der Waals surface area contributed by atoms with E-state index < -0.39 is 0 Å². The zero-order valence-corrected chi connectivity index (χ0v) is 16.1. The van der Waals surface area contributed by atoms with Gasteiger partial charge in [0.1, 0.15) is 17.0 Å². The summed E-state index contributed by atoms with van der Waals surface area (Å²) in [7, 11) is 0. The molecule has 4 rings (SSSR count). The summed E-state index contributed by atoms with van der Waals surface area (Å²) in [5.41, 5.74) is 2.59. The number of aromatic nitrogens is 2. The highest BCUT2D eigenvalue weighted by molar-refractivity contribution is 7.18. The lowest BCUT2D eigenvalue weighted by molar-refractivity contribution is 0.249. The minimum Gasteiger partial charge on any atom is -0.353 e. The minimum absolute atomic E-state index is 0.808. The molecule has 0 unspecified atom stereocenters.